The number of benzene rings is 2. The lowest BCUT2D eigenvalue weighted by Gasteiger charge is -2.11. The van der Waals surface area contributed by atoms with Gasteiger partial charge >= 0.3 is 0 Å². The highest BCUT2D eigenvalue weighted by Gasteiger charge is 2.09. The van der Waals surface area contributed by atoms with Crippen LogP contribution in [0.2, 0.25) is 0 Å². The minimum atomic E-state index is -0.502. The first-order valence-corrected chi connectivity index (χ1v) is 6.88. The van der Waals surface area contributed by atoms with Crippen molar-refractivity contribution in [1.29, 1.82) is 0 Å². The van der Waals surface area contributed by atoms with Gasteiger partial charge in [-0.25, -0.2) is 8.78 Å². The van der Waals surface area contributed by atoms with Crippen LogP contribution in [-0.4, -0.2) is 0 Å². The van der Waals surface area contributed by atoms with Gasteiger partial charge < -0.3 is 10.5 Å². The molecule has 5 heteroatoms. The molecule has 0 saturated carbocycles. The second kappa shape index (κ2) is 6.33. The van der Waals surface area contributed by atoms with Gasteiger partial charge in [-0.05, 0) is 36.8 Å². The van der Waals surface area contributed by atoms with Gasteiger partial charge in [-0.1, -0.05) is 28.1 Å². The highest BCUT2D eigenvalue weighted by atomic mass is 79.9. The third-order valence-electron chi connectivity index (χ3n) is 2.88. The largest absolute Gasteiger partial charge is 0.486 e. The monoisotopic (exact) mass is 341 g/mol. The van der Waals surface area contributed by atoms with Crippen molar-refractivity contribution in [2.75, 3.05) is 0 Å². The quantitative estimate of drug-likeness (QED) is 0.898. The Balaban J connectivity index is 2.11. The number of rotatable bonds is 4. The van der Waals surface area contributed by atoms with Crippen LogP contribution in [-0.2, 0) is 6.61 Å². The Labute approximate surface area is 124 Å². The normalized spacial score (nSPS) is 12.2. The molecule has 2 rings (SSSR count). The zero-order valence-electron chi connectivity index (χ0n) is 10.9. The third kappa shape index (κ3) is 3.55. The van der Waals surface area contributed by atoms with Crippen LogP contribution in [0.1, 0.15) is 24.1 Å². The molecule has 2 aromatic rings. The minimum absolute atomic E-state index is 0.0342. The molecule has 0 saturated heterocycles. The number of ether oxygens (including phenoxy) is 1. The molecule has 2 N–H and O–H groups in total. The van der Waals surface area contributed by atoms with Crippen LogP contribution >= 0.6 is 15.9 Å². The summed E-state index contributed by atoms with van der Waals surface area (Å²) in [5, 5.41) is 0. The fourth-order valence-electron chi connectivity index (χ4n) is 1.71. The van der Waals surface area contributed by atoms with Gasteiger partial charge in [0, 0.05) is 16.1 Å². The van der Waals surface area contributed by atoms with E-state index in [1.807, 2.05) is 0 Å². The van der Waals surface area contributed by atoms with Gasteiger partial charge in [-0.15, -0.1) is 0 Å². The highest BCUT2D eigenvalue weighted by Crippen LogP contribution is 2.23. The van der Waals surface area contributed by atoms with Crippen molar-refractivity contribution in [3.63, 3.8) is 0 Å². The van der Waals surface area contributed by atoms with E-state index in [0.717, 1.165) is 0 Å². The molecule has 2 aromatic carbocycles. The first-order chi connectivity index (χ1) is 9.47. The van der Waals surface area contributed by atoms with E-state index in [2.05, 4.69) is 15.9 Å². The van der Waals surface area contributed by atoms with E-state index >= 15 is 0 Å². The van der Waals surface area contributed by atoms with Crippen LogP contribution in [0, 0.1) is 11.6 Å². The third-order valence-corrected chi connectivity index (χ3v) is 3.37. The molecule has 20 heavy (non-hydrogen) atoms. The molecule has 0 heterocycles. The molecular weight excluding hydrogens is 328 g/mol. The zero-order valence-corrected chi connectivity index (χ0v) is 12.5. The second-order valence-corrected chi connectivity index (χ2v) is 5.42. The molecule has 106 valence electrons. The van der Waals surface area contributed by atoms with Crippen LogP contribution in [0.15, 0.2) is 40.9 Å². The summed E-state index contributed by atoms with van der Waals surface area (Å²) in [6.45, 7) is 1.74. The van der Waals surface area contributed by atoms with Gasteiger partial charge in [-0.2, -0.15) is 0 Å². The van der Waals surface area contributed by atoms with E-state index in [1.165, 1.54) is 18.2 Å². The zero-order chi connectivity index (χ0) is 14.7. The lowest BCUT2D eigenvalue weighted by molar-refractivity contribution is 0.284. The van der Waals surface area contributed by atoms with Crippen molar-refractivity contribution in [3.8, 4) is 5.75 Å². The van der Waals surface area contributed by atoms with E-state index in [0.29, 0.717) is 15.6 Å². The van der Waals surface area contributed by atoms with Crippen molar-refractivity contribution in [3.05, 3.63) is 63.6 Å². The summed E-state index contributed by atoms with van der Waals surface area (Å²) in [5.74, 6) is -0.818. The molecule has 0 aliphatic heterocycles. The van der Waals surface area contributed by atoms with Gasteiger partial charge in [-0.3, -0.25) is 0 Å². The van der Waals surface area contributed by atoms with Crippen molar-refractivity contribution in [2.24, 2.45) is 5.73 Å². The minimum Gasteiger partial charge on any atom is -0.486 e. The fraction of sp³-hybridized carbons (Fsp3) is 0.200. The molecule has 0 spiro atoms. The summed E-state index contributed by atoms with van der Waals surface area (Å²) < 4.78 is 33.4. The Morgan fingerprint density at radius 2 is 1.90 bits per heavy atom. The fourth-order valence-corrected chi connectivity index (χ4v) is 2.04. The molecule has 0 unspecified atom stereocenters. The topological polar surface area (TPSA) is 35.2 Å². The van der Waals surface area contributed by atoms with Crippen LogP contribution in [0.5, 0.6) is 5.75 Å². The second-order valence-electron chi connectivity index (χ2n) is 4.50. The summed E-state index contributed by atoms with van der Waals surface area (Å²) in [5.41, 5.74) is 6.72. The smallest absolute Gasteiger partial charge is 0.165 e. The van der Waals surface area contributed by atoms with Gasteiger partial charge in [0.25, 0.3) is 0 Å². The van der Waals surface area contributed by atoms with Crippen molar-refractivity contribution in [1.82, 2.24) is 0 Å². The number of hydrogen-bond acceptors (Lipinski definition) is 2. The van der Waals surface area contributed by atoms with Gasteiger partial charge in [0.15, 0.2) is 11.6 Å². The molecule has 0 radical (unpaired) electrons. The average molecular weight is 342 g/mol. The van der Waals surface area contributed by atoms with E-state index in [4.69, 9.17) is 10.5 Å². The maximum atomic E-state index is 13.8. The van der Waals surface area contributed by atoms with E-state index in [-0.39, 0.29) is 18.4 Å². The molecule has 0 bridgehead atoms. The Bertz CT molecular complexity index is 617. The van der Waals surface area contributed by atoms with E-state index < -0.39 is 11.6 Å². The Hall–Kier alpha value is -1.46. The molecule has 2 nitrogen and oxygen atoms in total. The van der Waals surface area contributed by atoms with Crippen molar-refractivity contribution < 1.29 is 13.5 Å². The average Bonchev–Trinajstić information content (AvgIpc) is 2.38. The first kappa shape index (κ1) is 14.9. The first-order valence-electron chi connectivity index (χ1n) is 6.09. The maximum Gasteiger partial charge on any atom is 0.165 e. The van der Waals surface area contributed by atoms with Crippen molar-refractivity contribution >= 4 is 15.9 Å². The Morgan fingerprint density at radius 3 is 2.50 bits per heavy atom. The predicted octanol–water partition coefficient (Wildman–Crippen LogP) is 4.33. The molecule has 0 aromatic heterocycles. The predicted molar refractivity (Wildman–Crippen MR) is 77.4 cm³/mol. The van der Waals surface area contributed by atoms with Gasteiger partial charge in [0.1, 0.15) is 12.4 Å². The summed E-state index contributed by atoms with van der Waals surface area (Å²) in [6, 6.07) is 8.92. The molecular formula is C15H14BrF2NO. The van der Waals surface area contributed by atoms with E-state index in [1.54, 1.807) is 25.1 Å². The number of hydrogen-bond donors (Lipinski definition) is 1. The Morgan fingerprint density at radius 1 is 1.15 bits per heavy atom. The lowest BCUT2D eigenvalue weighted by Crippen LogP contribution is -2.06. The molecule has 1 atom stereocenters. The van der Waals surface area contributed by atoms with Crippen LogP contribution in [0.4, 0.5) is 8.78 Å². The van der Waals surface area contributed by atoms with E-state index in [9.17, 15) is 8.78 Å². The summed E-state index contributed by atoms with van der Waals surface area (Å²) in [6.07, 6.45) is 0. The lowest BCUT2D eigenvalue weighted by atomic mass is 10.1. The van der Waals surface area contributed by atoms with Crippen LogP contribution < -0.4 is 10.5 Å². The number of halogens is 3. The standard InChI is InChI=1S/C15H14BrF2NO/c1-9(19)10-3-5-15(14(18)6-10)20-8-11-2-4-12(16)7-13(11)17/h2-7,9H,8,19H2,1H3/t9-/m0/s1. The highest BCUT2D eigenvalue weighted by molar-refractivity contribution is 9.10. The van der Waals surface area contributed by atoms with Crippen molar-refractivity contribution in [2.45, 2.75) is 19.6 Å². The molecule has 0 fully saturated rings. The SMILES string of the molecule is C[C@H](N)c1ccc(OCc2ccc(Br)cc2F)c(F)c1. The van der Waals surface area contributed by atoms with Gasteiger partial charge in [0.05, 0.1) is 0 Å². The summed E-state index contributed by atoms with van der Waals surface area (Å²) in [4.78, 5) is 0. The maximum absolute atomic E-state index is 13.8. The van der Waals surface area contributed by atoms with Crippen LogP contribution in [0.25, 0.3) is 0 Å². The Kier molecular flexibility index (Phi) is 4.73. The summed E-state index contributed by atoms with van der Waals surface area (Å²) in [7, 11) is 0. The van der Waals surface area contributed by atoms with Gasteiger partial charge in [0.2, 0.25) is 0 Å². The molecule has 0 amide bonds. The summed E-state index contributed by atoms with van der Waals surface area (Å²) >= 11 is 3.17. The molecule has 0 aliphatic carbocycles. The number of nitrogens with two attached hydrogens (primary N) is 1. The van der Waals surface area contributed by atoms with Crippen LogP contribution in [0.3, 0.4) is 0 Å². The molecule has 0 aliphatic rings.